The Morgan fingerprint density at radius 3 is 0.981 bits per heavy atom. The Morgan fingerprint density at radius 2 is 0.630 bits per heavy atom. The van der Waals surface area contributed by atoms with Crippen molar-refractivity contribution in [2.45, 2.75) is 0 Å². The second-order valence-corrected chi connectivity index (χ2v) is 13.2. The molecule has 54 heavy (non-hydrogen) atoms. The largest absolute Gasteiger partial charge is 0.245 e. The van der Waals surface area contributed by atoms with Crippen LogP contribution >= 0.6 is 0 Å². The lowest BCUT2D eigenvalue weighted by atomic mass is 9.93. The van der Waals surface area contributed by atoms with Crippen molar-refractivity contribution in [3.63, 3.8) is 0 Å². The van der Waals surface area contributed by atoms with Gasteiger partial charge in [-0.05, 0) is 80.9 Å². The van der Waals surface area contributed by atoms with E-state index in [0.29, 0.717) is 11.1 Å². The number of fused-ring (bicyclic) bond motifs is 3. The second-order valence-electron chi connectivity index (χ2n) is 13.2. The fraction of sp³-hybridized carbons (Fsp3) is 0. The topological polar surface area (TPSA) is 73.4 Å². The van der Waals surface area contributed by atoms with Crippen molar-refractivity contribution in [1.29, 1.82) is 10.5 Å². The van der Waals surface area contributed by atoms with Gasteiger partial charge in [0.05, 0.1) is 45.7 Å². The highest BCUT2D eigenvalue weighted by Gasteiger charge is 2.18. The maximum absolute atomic E-state index is 9.54. The molecule has 0 aliphatic heterocycles. The molecule has 0 unspecified atom stereocenters. The quantitative estimate of drug-likeness (QED) is 0.163. The molecule has 2 heterocycles. The zero-order valence-corrected chi connectivity index (χ0v) is 29.1. The Bertz CT molecular complexity index is 2680. The van der Waals surface area contributed by atoms with Crippen molar-refractivity contribution in [3.05, 3.63) is 193 Å². The van der Waals surface area contributed by atoms with E-state index >= 15 is 0 Å². The molecule has 0 atom stereocenters. The maximum atomic E-state index is 9.54. The zero-order chi connectivity index (χ0) is 36.4. The fourth-order valence-corrected chi connectivity index (χ4v) is 7.13. The van der Waals surface area contributed by atoms with Gasteiger partial charge in [-0.2, -0.15) is 10.5 Å². The SMILES string of the molecule is N#Cc1ccc(-c2cc(-c3ccc(-c4ccccc4)cc3)nc3c2ccc2c(-c4ccc(C#N)cc4)cc(-c4ccc(-c5ccccc5)cc4)nc23)cc1. The van der Waals surface area contributed by atoms with Crippen molar-refractivity contribution in [3.8, 4) is 79.2 Å². The van der Waals surface area contributed by atoms with Gasteiger partial charge in [-0.25, -0.2) is 9.97 Å². The summed E-state index contributed by atoms with van der Waals surface area (Å²) in [6.07, 6.45) is 0. The van der Waals surface area contributed by atoms with E-state index in [1.54, 1.807) is 0 Å². The molecule has 0 amide bonds. The van der Waals surface area contributed by atoms with E-state index in [1.807, 2.05) is 84.9 Å². The molecule has 0 bridgehead atoms. The van der Waals surface area contributed by atoms with Crippen LogP contribution in [0.15, 0.2) is 182 Å². The molecule has 4 heteroatoms. The molecule has 9 rings (SSSR count). The van der Waals surface area contributed by atoms with Crippen molar-refractivity contribution in [2.75, 3.05) is 0 Å². The normalized spacial score (nSPS) is 10.9. The van der Waals surface area contributed by atoms with Gasteiger partial charge in [0.2, 0.25) is 0 Å². The first-order valence-electron chi connectivity index (χ1n) is 17.8. The van der Waals surface area contributed by atoms with Crippen LogP contribution < -0.4 is 0 Å². The summed E-state index contributed by atoms with van der Waals surface area (Å²) in [4.78, 5) is 10.8. The molecule has 250 valence electrons. The highest BCUT2D eigenvalue weighted by atomic mass is 14.8. The van der Waals surface area contributed by atoms with Gasteiger partial charge in [-0.15, -0.1) is 0 Å². The lowest BCUT2D eigenvalue weighted by molar-refractivity contribution is 1.36. The van der Waals surface area contributed by atoms with E-state index in [-0.39, 0.29) is 0 Å². The lowest BCUT2D eigenvalue weighted by Crippen LogP contribution is -1.96. The molecule has 0 saturated carbocycles. The van der Waals surface area contributed by atoms with E-state index in [1.165, 1.54) is 0 Å². The lowest BCUT2D eigenvalue weighted by Gasteiger charge is -2.16. The Balaban J connectivity index is 1.29. The molecular formula is C50H30N4. The predicted octanol–water partition coefficient (Wildman–Crippen LogP) is 12.5. The van der Waals surface area contributed by atoms with Crippen molar-refractivity contribution in [1.82, 2.24) is 9.97 Å². The van der Waals surface area contributed by atoms with Gasteiger partial charge in [-0.1, -0.05) is 146 Å². The van der Waals surface area contributed by atoms with Crippen molar-refractivity contribution < 1.29 is 0 Å². The third kappa shape index (κ3) is 6.05. The van der Waals surface area contributed by atoms with Crippen LogP contribution in [0.1, 0.15) is 11.1 Å². The smallest absolute Gasteiger partial charge is 0.0991 e. The highest BCUT2D eigenvalue weighted by molar-refractivity contribution is 6.13. The summed E-state index contributed by atoms with van der Waals surface area (Å²) in [7, 11) is 0. The van der Waals surface area contributed by atoms with Crippen LogP contribution in [-0.2, 0) is 0 Å². The number of hydrogen-bond acceptors (Lipinski definition) is 4. The van der Waals surface area contributed by atoms with Gasteiger partial charge in [0.1, 0.15) is 0 Å². The molecular weight excluding hydrogens is 657 g/mol. The summed E-state index contributed by atoms with van der Waals surface area (Å²) in [6, 6.07) is 66.2. The van der Waals surface area contributed by atoms with Crippen LogP contribution in [-0.4, -0.2) is 9.97 Å². The molecule has 7 aromatic carbocycles. The van der Waals surface area contributed by atoms with E-state index in [0.717, 1.165) is 88.8 Å². The molecule has 0 aliphatic carbocycles. The first kappa shape index (κ1) is 32.3. The van der Waals surface area contributed by atoms with Crippen LogP contribution in [0.3, 0.4) is 0 Å². The summed E-state index contributed by atoms with van der Waals surface area (Å²) in [5, 5.41) is 21.0. The maximum Gasteiger partial charge on any atom is 0.0991 e. The minimum atomic E-state index is 0.607. The first-order valence-corrected chi connectivity index (χ1v) is 17.8. The van der Waals surface area contributed by atoms with Gasteiger partial charge in [0.15, 0.2) is 0 Å². The molecule has 0 saturated heterocycles. The van der Waals surface area contributed by atoms with Crippen LogP contribution in [0, 0.1) is 22.7 Å². The average molecular weight is 687 g/mol. The average Bonchev–Trinajstić information content (AvgIpc) is 3.26. The molecule has 0 N–H and O–H groups in total. The van der Waals surface area contributed by atoms with Crippen LogP contribution in [0.4, 0.5) is 0 Å². The van der Waals surface area contributed by atoms with E-state index < -0.39 is 0 Å². The van der Waals surface area contributed by atoms with E-state index in [9.17, 15) is 10.5 Å². The summed E-state index contributed by atoms with van der Waals surface area (Å²) in [5.74, 6) is 0. The van der Waals surface area contributed by atoms with Crippen molar-refractivity contribution in [2.24, 2.45) is 0 Å². The minimum Gasteiger partial charge on any atom is -0.245 e. The Labute approximate surface area is 313 Å². The van der Waals surface area contributed by atoms with Gasteiger partial charge >= 0.3 is 0 Å². The molecule has 9 aromatic rings. The Kier molecular flexibility index (Phi) is 8.25. The van der Waals surface area contributed by atoms with Gasteiger partial charge in [0, 0.05) is 21.9 Å². The molecule has 0 aliphatic rings. The van der Waals surface area contributed by atoms with Crippen LogP contribution in [0.5, 0.6) is 0 Å². The van der Waals surface area contributed by atoms with Crippen molar-refractivity contribution >= 4 is 21.8 Å². The molecule has 4 nitrogen and oxygen atoms in total. The first-order chi connectivity index (χ1) is 26.6. The second kappa shape index (κ2) is 13.8. The standard InChI is InChI=1S/C50H30N4/c51-31-33-11-15-39(16-12-33)45-29-47(41-23-19-37(20-24-41)35-7-3-1-4-8-35)53-49-43(45)27-28-44-46(40-17-13-34(32-52)14-18-40)30-48(54-50(44)49)42-25-21-38(22-26-42)36-9-5-2-6-10-36/h1-30H. The van der Waals surface area contributed by atoms with Crippen LogP contribution in [0.2, 0.25) is 0 Å². The predicted molar refractivity (Wildman–Crippen MR) is 219 cm³/mol. The van der Waals surface area contributed by atoms with Gasteiger partial charge in [0.25, 0.3) is 0 Å². The molecule has 0 radical (unpaired) electrons. The number of nitriles is 2. The number of benzene rings is 7. The minimum absolute atomic E-state index is 0.607. The summed E-state index contributed by atoms with van der Waals surface area (Å²) >= 11 is 0. The molecule has 0 fully saturated rings. The number of hydrogen-bond donors (Lipinski definition) is 0. The van der Waals surface area contributed by atoms with Gasteiger partial charge < -0.3 is 0 Å². The summed E-state index contributed by atoms with van der Waals surface area (Å²) in [6.45, 7) is 0. The fourth-order valence-electron chi connectivity index (χ4n) is 7.13. The van der Waals surface area contributed by atoms with Gasteiger partial charge in [-0.3, -0.25) is 0 Å². The Hall–Kier alpha value is -7.66. The number of rotatable bonds is 6. The zero-order valence-electron chi connectivity index (χ0n) is 29.1. The number of aromatic nitrogens is 2. The number of pyridine rings is 2. The summed E-state index contributed by atoms with van der Waals surface area (Å²) in [5.41, 5.74) is 15.0. The Morgan fingerprint density at radius 1 is 0.315 bits per heavy atom. The monoisotopic (exact) mass is 686 g/mol. The van der Waals surface area contributed by atoms with Crippen LogP contribution in [0.25, 0.3) is 88.8 Å². The highest BCUT2D eigenvalue weighted by Crippen LogP contribution is 2.40. The molecule has 0 spiro atoms. The number of nitrogens with zero attached hydrogens (tertiary/aromatic N) is 4. The third-order valence-electron chi connectivity index (χ3n) is 9.98. The van der Waals surface area contributed by atoms with E-state index in [4.69, 9.17) is 9.97 Å². The summed E-state index contributed by atoms with van der Waals surface area (Å²) < 4.78 is 0. The molecule has 2 aromatic heterocycles. The third-order valence-corrected chi connectivity index (χ3v) is 9.98. The van der Waals surface area contributed by atoms with E-state index in [2.05, 4.69) is 109 Å².